The second kappa shape index (κ2) is 7.98. The number of nitrogens with zero attached hydrogens (tertiary/aromatic N) is 1. The smallest absolute Gasteiger partial charge is 0.261 e. The van der Waals surface area contributed by atoms with Crippen molar-refractivity contribution in [1.82, 2.24) is 5.32 Å². The summed E-state index contributed by atoms with van der Waals surface area (Å²) in [7, 11) is 0. The zero-order valence-corrected chi connectivity index (χ0v) is 12.8. The van der Waals surface area contributed by atoms with Crippen LogP contribution in [0.25, 0.3) is 0 Å². The predicted octanol–water partition coefficient (Wildman–Crippen LogP) is 3.22. The molecular weight excluding hydrogens is 276 g/mol. The molecule has 0 unspecified atom stereocenters. The number of rotatable bonds is 6. The first-order valence-electron chi connectivity index (χ1n) is 7.22. The summed E-state index contributed by atoms with van der Waals surface area (Å²) in [6.45, 7) is 3.83. The second-order valence-electron chi connectivity index (χ2n) is 5.06. The molecular formula is C18H20N2O2. The molecule has 1 N–H and O–H groups in total. The zero-order chi connectivity index (χ0) is 15.8. The summed E-state index contributed by atoms with van der Waals surface area (Å²) in [5.41, 5.74) is 3.14. The summed E-state index contributed by atoms with van der Waals surface area (Å²) in [5.74, 6) is -0.196. The molecule has 114 valence electrons. The summed E-state index contributed by atoms with van der Waals surface area (Å²) >= 11 is 0. The van der Waals surface area contributed by atoms with Gasteiger partial charge in [0.2, 0.25) is 0 Å². The number of benzene rings is 2. The summed E-state index contributed by atoms with van der Waals surface area (Å²) in [6, 6.07) is 17.6. The molecule has 0 aromatic heterocycles. The predicted molar refractivity (Wildman–Crippen MR) is 87.7 cm³/mol. The lowest BCUT2D eigenvalue weighted by Gasteiger charge is -2.13. The van der Waals surface area contributed by atoms with Crippen molar-refractivity contribution < 1.29 is 9.63 Å². The Morgan fingerprint density at radius 2 is 1.86 bits per heavy atom. The summed E-state index contributed by atoms with van der Waals surface area (Å²) in [5, 5.41) is 6.71. The van der Waals surface area contributed by atoms with Crippen LogP contribution in [0.4, 0.5) is 0 Å². The third-order valence-corrected chi connectivity index (χ3v) is 3.33. The minimum atomic E-state index is -0.196. The van der Waals surface area contributed by atoms with Crippen LogP contribution in [0.15, 0.2) is 59.8 Å². The van der Waals surface area contributed by atoms with Crippen molar-refractivity contribution >= 4 is 12.1 Å². The van der Waals surface area contributed by atoms with Crippen molar-refractivity contribution in [2.45, 2.75) is 19.9 Å². The quantitative estimate of drug-likeness (QED) is 0.657. The lowest BCUT2D eigenvalue weighted by atomic mass is 10.1. The highest BCUT2D eigenvalue weighted by Crippen LogP contribution is 2.10. The van der Waals surface area contributed by atoms with E-state index in [1.165, 1.54) is 0 Å². The Hall–Kier alpha value is -2.62. The minimum Gasteiger partial charge on any atom is -0.386 e. The van der Waals surface area contributed by atoms with Gasteiger partial charge in [-0.05, 0) is 30.5 Å². The molecule has 4 heteroatoms. The lowest BCUT2D eigenvalue weighted by molar-refractivity contribution is -0.126. The third kappa shape index (κ3) is 4.74. The molecule has 2 aromatic rings. The van der Waals surface area contributed by atoms with E-state index in [1.54, 1.807) is 6.21 Å². The standard InChI is InChI=1S/C18H20N2O2/c1-14-8-6-7-11-17(14)12-19-22-13-18(21)20-15(2)16-9-4-3-5-10-16/h3-12,15H,13H2,1-2H3,(H,20,21)/b19-12-/t15-/m1/s1. The van der Waals surface area contributed by atoms with Crippen molar-refractivity contribution in [1.29, 1.82) is 0 Å². The first kappa shape index (κ1) is 15.8. The number of aryl methyl sites for hydroxylation is 1. The van der Waals surface area contributed by atoms with Gasteiger partial charge >= 0.3 is 0 Å². The molecule has 0 bridgehead atoms. The summed E-state index contributed by atoms with van der Waals surface area (Å²) < 4.78 is 0. The Morgan fingerprint density at radius 3 is 2.59 bits per heavy atom. The third-order valence-electron chi connectivity index (χ3n) is 3.33. The van der Waals surface area contributed by atoms with Crippen LogP contribution < -0.4 is 5.32 Å². The lowest BCUT2D eigenvalue weighted by Crippen LogP contribution is -2.29. The van der Waals surface area contributed by atoms with Gasteiger partial charge in [-0.15, -0.1) is 0 Å². The van der Waals surface area contributed by atoms with Gasteiger partial charge in [-0.25, -0.2) is 0 Å². The van der Waals surface area contributed by atoms with Gasteiger partial charge in [0.25, 0.3) is 5.91 Å². The van der Waals surface area contributed by atoms with Crippen molar-refractivity contribution in [2.24, 2.45) is 5.16 Å². The SMILES string of the molecule is Cc1ccccc1/C=N\OCC(=O)N[C@H](C)c1ccccc1. The van der Waals surface area contributed by atoms with Gasteiger partial charge < -0.3 is 10.2 Å². The van der Waals surface area contributed by atoms with Crippen LogP contribution in [0.5, 0.6) is 0 Å². The average molecular weight is 296 g/mol. The second-order valence-corrected chi connectivity index (χ2v) is 5.06. The van der Waals surface area contributed by atoms with E-state index in [0.29, 0.717) is 0 Å². The Morgan fingerprint density at radius 1 is 1.18 bits per heavy atom. The maximum Gasteiger partial charge on any atom is 0.261 e. The van der Waals surface area contributed by atoms with Crippen molar-refractivity contribution in [3.05, 3.63) is 71.3 Å². The molecule has 0 saturated heterocycles. The van der Waals surface area contributed by atoms with Gasteiger partial charge in [0, 0.05) is 0 Å². The largest absolute Gasteiger partial charge is 0.386 e. The number of hydrogen-bond donors (Lipinski definition) is 1. The monoisotopic (exact) mass is 296 g/mol. The Bertz CT molecular complexity index is 639. The van der Waals surface area contributed by atoms with E-state index in [2.05, 4.69) is 10.5 Å². The normalized spacial score (nSPS) is 12.1. The van der Waals surface area contributed by atoms with Gasteiger partial charge in [-0.1, -0.05) is 59.8 Å². The maximum absolute atomic E-state index is 11.8. The van der Waals surface area contributed by atoms with Crippen molar-refractivity contribution in [3.63, 3.8) is 0 Å². The summed E-state index contributed by atoms with van der Waals surface area (Å²) in [4.78, 5) is 16.8. The molecule has 22 heavy (non-hydrogen) atoms. The van der Waals surface area contributed by atoms with Gasteiger partial charge in [0.15, 0.2) is 6.61 Å². The molecule has 2 aromatic carbocycles. The van der Waals surface area contributed by atoms with Crippen LogP contribution in [-0.2, 0) is 9.63 Å². The molecule has 0 saturated carbocycles. The molecule has 0 spiro atoms. The number of nitrogens with one attached hydrogen (secondary N) is 1. The number of carbonyl (C=O) groups is 1. The fourth-order valence-corrected chi connectivity index (χ4v) is 2.03. The van der Waals surface area contributed by atoms with E-state index in [0.717, 1.165) is 16.7 Å². The molecule has 0 fully saturated rings. The van der Waals surface area contributed by atoms with Crippen molar-refractivity contribution in [2.75, 3.05) is 6.61 Å². The number of hydrogen-bond acceptors (Lipinski definition) is 3. The molecule has 0 aliphatic carbocycles. The molecule has 0 heterocycles. The van der Waals surface area contributed by atoms with Crippen LogP contribution in [0, 0.1) is 6.92 Å². The van der Waals surface area contributed by atoms with Gasteiger partial charge in [0.05, 0.1) is 12.3 Å². The van der Waals surface area contributed by atoms with Gasteiger partial charge in [-0.3, -0.25) is 4.79 Å². The molecule has 1 atom stereocenters. The van der Waals surface area contributed by atoms with Crippen molar-refractivity contribution in [3.8, 4) is 0 Å². The molecule has 0 aliphatic heterocycles. The van der Waals surface area contributed by atoms with E-state index in [9.17, 15) is 4.79 Å². The zero-order valence-electron chi connectivity index (χ0n) is 12.8. The van der Waals surface area contributed by atoms with Crippen LogP contribution in [0.3, 0.4) is 0 Å². The molecule has 0 aliphatic rings. The van der Waals surface area contributed by atoms with E-state index < -0.39 is 0 Å². The van der Waals surface area contributed by atoms with E-state index >= 15 is 0 Å². The number of carbonyl (C=O) groups excluding carboxylic acids is 1. The van der Waals surface area contributed by atoms with Crippen LogP contribution in [-0.4, -0.2) is 18.7 Å². The Balaban J connectivity index is 1.77. The van der Waals surface area contributed by atoms with E-state index in [4.69, 9.17) is 4.84 Å². The van der Waals surface area contributed by atoms with Crippen LogP contribution in [0.1, 0.15) is 29.7 Å². The number of amides is 1. The average Bonchev–Trinajstić information content (AvgIpc) is 2.54. The molecule has 1 amide bonds. The minimum absolute atomic E-state index is 0.0577. The molecule has 2 rings (SSSR count). The first-order valence-corrected chi connectivity index (χ1v) is 7.22. The van der Waals surface area contributed by atoms with E-state index in [-0.39, 0.29) is 18.6 Å². The maximum atomic E-state index is 11.8. The highest BCUT2D eigenvalue weighted by molar-refractivity contribution is 5.81. The highest BCUT2D eigenvalue weighted by atomic mass is 16.6. The van der Waals surface area contributed by atoms with E-state index in [1.807, 2.05) is 68.4 Å². The van der Waals surface area contributed by atoms with Gasteiger partial charge in [-0.2, -0.15) is 0 Å². The first-order chi connectivity index (χ1) is 10.7. The topological polar surface area (TPSA) is 50.7 Å². The molecule has 4 nitrogen and oxygen atoms in total. The fraction of sp³-hybridized carbons (Fsp3) is 0.222. The van der Waals surface area contributed by atoms with Crippen LogP contribution in [0.2, 0.25) is 0 Å². The number of oxime groups is 1. The highest BCUT2D eigenvalue weighted by Gasteiger charge is 2.09. The van der Waals surface area contributed by atoms with Gasteiger partial charge in [0.1, 0.15) is 0 Å². The fourth-order valence-electron chi connectivity index (χ4n) is 2.03. The summed E-state index contributed by atoms with van der Waals surface area (Å²) in [6.07, 6.45) is 1.61. The Kier molecular flexibility index (Phi) is 5.72. The Labute approximate surface area is 130 Å². The molecule has 0 radical (unpaired) electrons. The van der Waals surface area contributed by atoms with Crippen LogP contribution >= 0.6 is 0 Å².